The molecule has 1 rings (SSSR count). The third kappa shape index (κ3) is 3.17. The summed E-state index contributed by atoms with van der Waals surface area (Å²) in [4.78, 5) is 20.6. The maximum absolute atomic E-state index is 9.17. The first-order chi connectivity index (χ1) is 6.02. The molecule has 0 bridgehead atoms. The molecule has 7 heteroatoms. The van der Waals surface area contributed by atoms with Gasteiger partial charge in [-0.1, -0.05) is 0 Å². The van der Waals surface area contributed by atoms with Crippen LogP contribution in [0.3, 0.4) is 0 Å². The van der Waals surface area contributed by atoms with Crippen LogP contribution in [0.1, 0.15) is 12.8 Å². The van der Waals surface area contributed by atoms with E-state index >= 15 is 0 Å². The van der Waals surface area contributed by atoms with Crippen LogP contribution in [0.25, 0.3) is 0 Å². The molecule has 1 saturated heterocycles. The molecule has 1 aliphatic heterocycles. The molecule has 0 aromatic rings. The molecular weight excluding hydrogens is 193 g/mol. The lowest BCUT2D eigenvalue weighted by Crippen LogP contribution is -2.19. The fraction of sp³-hybridized carbons (Fsp3) is 0.833. The highest BCUT2D eigenvalue weighted by Crippen LogP contribution is 2.52. The fourth-order valence-corrected chi connectivity index (χ4v) is 1.51. The quantitative estimate of drug-likeness (QED) is 0.265. The Kier molecular flexibility index (Phi) is 3.58. The molecule has 3 N–H and O–H groups in total. The highest BCUT2D eigenvalue weighted by Gasteiger charge is 2.39. The molecule has 0 radical (unpaired) electrons. The summed E-state index contributed by atoms with van der Waals surface area (Å²) >= 11 is 0. The van der Waals surface area contributed by atoms with Gasteiger partial charge >= 0.3 is 8.02 Å². The van der Waals surface area contributed by atoms with Gasteiger partial charge in [0.15, 0.2) is 0 Å². The van der Waals surface area contributed by atoms with Crippen LogP contribution in [-0.4, -0.2) is 51.2 Å². The monoisotopic (exact) mass is 208 g/mol. The molecule has 1 fully saturated rings. The predicted molar refractivity (Wildman–Crippen MR) is 50.2 cm³/mol. The number of hydrogen-bond donors (Lipinski definition) is 3. The molecular formula is C6H15N3O3P+. The van der Waals surface area contributed by atoms with E-state index in [0.717, 1.165) is 33.0 Å². The van der Waals surface area contributed by atoms with Gasteiger partial charge < -0.3 is 4.90 Å². The minimum atomic E-state index is -3.65. The second kappa shape index (κ2) is 4.30. The molecule has 1 heterocycles. The number of hydrogen-bond acceptors (Lipinski definition) is 5. The molecule has 0 spiro atoms. The Balaban J connectivity index is 2.45. The number of nitrogens with zero attached hydrogens (tertiary/aromatic N) is 3. The summed E-state index contributed by atoms with van der Waals surface area (Å²) in [5.74, 6) is 0. The summed E-state index contributed by atoms with van der Waals surface area (Å²) in [5, 5.41) is 8.80. The van der Waals surface area contributed by atoms with Crippen molar-refractivity contribution in [3.8, 4) is 0 Å². The Bertz CT molecular complexity index is 192. The van der Waals surface area contributed by atoms with Crippen LogP contribution in [0.2, 0.25) is 0 Å². The second-order valence-electron chi connectivity index (χ2n) is 3.00. The van der Waals surface area contributed by atoms with Gasteiger partial charge in [0, 0.05) is 17.9 Å². The molecule has 0 unspecified atom stereocenters. The van der Waals surface area contributed by atoms with Crippen LogP contribution in [0.4, 0.5) is 0 Å². The zero-order valence-corrected chi connectivity index (χ0v) is 8.43. The van der Waals surface area contributed by atoms with E-state index in [-0.39, 0.29) is 0 Å². The molecule has 0 saturated carbocycles. The van der Waals surface area contributed by atoms with Crippen molar-refractivity contribution >= 4 is 14.4 Å². The smallest absolute Gasteiger partial charge is 0.360 e. The van der Waals surface area contributed by atoms with Gasteiger partial charge in [-0.05, 0) is 17.6 Å². The Hall–Kier alpha value is -0.260. The van der Waals surface area contributed by atoms with E-state index in [1.165, 1.54) is 6.34 Å². The molecule has 0 aromatic carbocycles. The van der Waals surface area contributed by atoms with Crippen molar-refractivity contribution in [2.75, 3.05) is 20.1 Å². The lowest BCUT2D eigenvalue weighted by molar-refractivity contribution is 0.00579. The molecule has 0 atom stereocenters. The number of hydroxylamine groups is 1. The van der Waals surface area contributed by atoms with Crippen LogP contribution in [0.15, 0.2) is 4.76 Å². The zero-order valence-electron chi connectivity index (χ0n) is 7.54. The van der Waals surface area contributed by atoms with E-state index in [1.807, 2.05) is 4.90 Å². The minimum Gasteiger partial charge on any atom is -0.360 e. The van der Waals surface area contributed by atoms with E-state index in [4.69, 9.17) is 5.21 Å². The van der Waals surface area contributed by atoms with Gasteiger partial charge in [-0.3, -0.25) is 5.21 Å². The van der Waals surface area contributed by atoms with Crippen molar-refractivity contribution in [1.29, 1.82) is 0 Å². The fourth-order valence-electron chi connectivity index (χ4n) is 1.07. The van der Waals surface area contributed by atoms with E-state index < -0.39 is 8.02 Å². The van der Waals surface area contributed by atoms with Crippen LogP contribution in [0.5, 0.6) is 0 Å². The van der Waals surface area contributed by atoms with Gasteiger partial charge in [0.1, 0.15) is 6.34 Å². The topological polar surface area (TPSA) is 79.5 Å². The van der Waals surface area contributed by atoms with E-state index in [2.05, 4.69) is 4.76 Å². The summed E-state index contributed by atoms with van der Waals surface area (Å²) in [6, 6.07) is 0. The van der Waals surface area contributed by atoms with Crippen molar-refractivity contribution in [1.82, 2.24) is 9.73 Å². The van der Waals surface area contributed by atoms with Gasteiger partial charge in [-0.15, -0.1) is 0 Å². The highest BCUT2D eigenvalue weighted by molar-refractivity contribution is 7.60. The second-order valence-corrected chi connectivity index (χ2v) is 4.88. The van der Waals surface area contributed by atoms with Crippen molar-refractivity contribution in [2.45, 2.75) is 12.8 Å². The van der Waals surface area contributed by atoms with Gasteiger partial charge in [0.05, 0.1) is 7.05 Å². The maximum Gasteiger partial charge on any atom is 0.505 e. The van der Waals surface area contributed by atoms with Gasteiger partial charge in [-0.2, -0.15) is 9.79 Å². The third-order valence-electron chi connectivity index (χ3n) is 1.90. The zero-order chi connectivity index (χ0) is 9.90. The Morgan fingerprint density at radius 2 is 1.92 bits per heavy atom. The average molecular weight is 208 g/mol. The Morgan fingerprint density at radius 1 is 1.38 bits per heavy atom. The van der Waals surface area contributed by atoms with Crippen molar-refractivity contribution < 1.29 is 15.0 Å². The van der Waals surface area contributed by atoms with Crippen LogP contribution >= 0.6 is 8.02 Å². The average Bonchev–Trinajstić information content (AvgIpc) is 2.52. The first kappa shape index (κ1) is 10.8. The Labute approximate surface area is 77.7 Å². The lowest BCUT2D eigenvalue weighted by atomic mass is 10.4. The summed E-state index contributed by atoms with van der Waals surface area (Å²) in [7, 11) is -2.49. The van der Waals surface area contributed by atoms with Crippen LogP contribution in [-0.2, 0) is 0 Å². The first-order valence-electron chi connectivity index (χ1n) is 4.10. The minimum absolute atomic E-state index is 0.347. The third-order valence-corrected chi connectivity index (χ3v) is 3.09. The summed E-state index contributed by atoms with van der Waals surface area (Å²) in [6.07, 6.45) is 3.60. The molecule has 0 aliphatic carbocycles. The first-order valence-corrected chi connectivity index (χ1v) is 5.70. The highest BCUT2D eigenvalue weighted by atomic mass is 31.2. The normalized spacial score (nSPS) is 19.3. The molecule has 1 aliphatic rings. The summed E-state index contributed by atoms with van der Waals surface area (Å²) in [6.45, 7) is 1.78. The van der Waals surface area contributed by atoms with E-state index in [9.17, 15) is 9.79 Å². The Morgan fingerprint density at radius 3 is 2.38 bits per heavy atom. The number of likely N-dealkylation sites (tertiary alicyclic amines) is 1. The summed E-state index contributed by atoms with van der Waals surface area (Å²) in [5.41, 5.74) is 0. The van der Waals surface area contributed by atoms with Gasteiger partial charge in [0.2, 0.25) is 0 Å². The van der Waals surface area contributed by atoms with Gasteiger partial charge in [0.25, 0.3) is 0 Å². The molecule has 6 nitrogen and oxygen atoms in total. The summed E-state index contributed by atoms with van der Waals surface area (Å²) < 4.78 is 3.54. The van der Waals surface area contributed by atoms with Crippen molar-refractivity contribution in [3.05, 3.63) is 0 Å². The van der Waals surface area contributed by atoms with E-state index in [0.29, 0.717) is 4.83 Å². The van der Waals surface area contributed by atoms with Gasteiger partial charge in [-0.25, -0.2) is 0 Å². The predicted octanol–water partition coefficient (Wildman–Crippen LogP) is 0.0937. The largest absolute Gasteiger partial charge is 0.505 e. The van der Waals surface area contributed by atoms with Crippen LogP contribution in [0, 0.1) is 0 Å². The van der Waals surface area contributed by atoms with Crippen LogP contribution < -0.4 is 0 Å². The molecule has 76 valence electrons. The van der Waals surface area contributed by atoms with Crippen molar-refractivity contribution in [2.24, 2.45) is 4.76 Å². The van der Waals surface area contributed by atoms with Crippen molar-refractivity contribution in [3.63, 3.8) is 0 Å². The molecule has 0 amide bonds. The lowest BCUT2D eigenvalue weighted by Gasteiger charge is -2.12. The maximum atomic E-state index is 9.17. The SMILES string of the molecule is CN(O)[P+](O)(O)N=CN1CCCC1. The molecule has 13 heavy (non-hydrogen) atoms. The standard InChI is InChI=1S/C6H15N3O3P/c1-8(10)13(11,12)7-6-9-4-2-3-5-9/h6,10-12H,2-5H2,1H3/q+1. The van der Waals surface area contributed by atoms with E-state index in [1.54, 1.807) is 0 Å². The number of rotatable bonds is 3. The molecule has 0 aromatic heterocycles.